The van der Waals surface area contributed by atoms with Gasteiger partial charge < -0.3 is 5.11 Å². The van der Waals surface area contributed by atoms with Gasteiger partial charge in [0.2, 0.25) is 0 Å². The van der Waals surface area contributed by atoms with E-state index in [4.69, 9.17) is 0 Å². The first-order valence-electron chi connectivity index (χ1n) is 10.8. The van der Waals surface area contributed by atoms with Gasteiger partial charge in [-0.25, -0.2) is 0 Å². The SMILES string of the molecule is CCC(CC)(Pc1c(C)cccc1CP(C)C)c1cc(C(C)(C)C)cc(C)c1O. The Morgan fingerprint density at radius 2 is 1.59 bits per heavy atom. The predicted molar refractivity (Wildman–Crippen MR) is 135 cm³/mol. The molecule has 0 saturated carbocycles. The van der Waals surface area contributed by atoms with Gasteiger partial charge in [0.25, 0.3) is 0 Å². The van der Waals surface area contributed by atoms with Crippen molar-refractivity contribution in [3.05, 3.63) is 58.1 Å². The lowest BCUT2D eigenvalue weighted by molar-refractivity contribution is 0.442. The van der Waals surface area contributed by atoms with Crippen molar-refractivity contribution in [2.24, 2.45) is 0 Å². The van der Waals surface area contributed by atoms with Gasteiger partial charge in [0.05, 0.1) is 0 Å². The summed E-state index contributed by atoms with van der Waals surface area (Å²) in [5, 5.41) is 12.6. The molecular formula is C26H40OP2. The van der Waals surface area contributed by atoms with Crippen LogP contribution >= 0.6 is 16.5 Å². The lowest BCUT2D eigenvalue weighted by Crippen LogP contribution is -2.25. The van der Waals surface area contributed by atoms with Crippen molar-refractivity contribution in [1.82, 2.24) is 0 Å². The first-order valence-corrected chi connectivity index (χ1v) is 14.2. The Bertz CT molecular complexity index is 843. The van der Waals surface area contributed by atoms with E-state index in [1.807, 2.05) is 6.92 Å². The average Bonchev–Trinajstić information content (AvgIpc) is 2.63. The first-order chi connectivity index (χ1) is 13.4. The lowest BCUT2D eigenvalue weighted by Gasteiger charge is -2.36. The van der Waals surface area contributed by atoms with Crippen molar-refractivity contribution < 1.29 is 5.11 Å². The summed E-state index contributed by atoms with van der Waals surface area (Å²) in [4.78, 5) is 0. The molecule has 1 N–H and O–H groups in total. The van der Waals surface area contributed by atoms with E-state index in [9.17, 15) is 5.11 Å². The minimum atomic E-state index is -0.0266. The zero-order chi connectivity index (χ0) is 22.0. The minimum absolute atomic E-state index is 0.0134. The van der Waals surface area contributed by atoms with Crippen LogP contribution in [0.4, 0.5) is 0 Å². The number of aryl methyl sites for hydroxylation is 2. The van der Waals surface area contributed by atoms with E-state index in [1.54, 1.807) is 0 Å². The second kappa shape index (κ2) is 9.49. The number of phenolic OH excluding ortho intramolecular Hbond substituents is 1. The Morgan fingerprint density at radius 3 is 2.10 bits per heavy atom. The zero-order valence-corrected chi connectivity index (χ0v) is 21.8. The molecule has 160 valence electrons. The third-order valence-corrected chi connectivity index (χ3v) is 9.49. The highest BCUT2D eigenvalue weighted by atomic mass is 31.1. The quantitative estimate of drug-likeness (QED) is 0.449. The summed E-state index contributed by atoms with van der Waals surface area (Å²) in [6.07, 6.45) is 3.24. The smallest absolute Gasteiger partial charge is 0.122 e. The molecule has 0 saturated heterocycles. The van der Waals surface area contributed by atoms with Gasteiger partial charge in [-0.15, -0.1) is 7.92 Å². The lowest BCUT2D eigenvalue weighted by atomic mass is 9.81. The molecule has 0 radical (unpaired) electrons. The number of aromatic hydroxyl groups is 1. The fourth-order valence-corrected chi connectivity index (χ4v) is 6.94. The minimum Gasteiger partial charge on any atom is -0.507 e. The van der Waals surface area contributed by atoms with Crippen LogP contribution in [0.1, 0.15) is 75.3 Å². The van der Waals surface area contributed by atoms with Crippen LogP contribution in [0.3, 0.4) is 0 Å². The van der Waals surface area contributed by atoms with E-state index in [1.165, 1.54) is 28.2 Å². The Labute approximate surface area is 182 Å². The van der Waals surface area contributed by atoms with Crippen LogP contribution < -0.4 is 5.30 Å². The highest BCUT2D eigenvalue weighted by Gasteiger charge is 2.34. The summed E-state index contributed by atoms with van der Waals surface area (Å²) in [5.74, 6) is 0.498. The molecule has 2 aromatic rings. The number of hydrogen-bond acceptors (Lipinski definition) is 1. The van der Waals surface area contributed by atoms with Gasteiger partial charge >= 0.3 is 0 Å². The molecular weight excluding hydrogens is 390 g/mol. The highest BCUT2D eigenvalue weighted by molar-refractivity contribution is 7.55. The normalized spacial score (nSPS) is 13.0. The maximum atomic E-state index is 11.2. The molecule has 1 unspecified atom stereocenters. The van der Waals surface area contributed by atoms with Crippen molar-refractivity contribution in [2.75, 3.05) is 13.3 Å². The van der Waals surface area contributed by atoms with Crippen LogP contribution in [0.5, 0.6) is 5.75 Å². The maximum Gasteiger partial charge on any atom is 0.122 e. The van der Waals surface area contributed by atoms with Crippen LogP contribution in [0.2, 0.25) is 0 Å². The van der Waals surface area contributed by atoms with E-state index in [-0.39, 0.29) is 18.5 Å². The van der Waals surface area contributed by atoms with Crippen molar-refractivity contribution in [1.29, 1.82) is 0 Å². The molecule has 0 aromatic heterocycles. The average molecular weight is 431 g/mol. The van der Waals surface area contributed by atoms with Crippen LogP contribution in [0.15, 0.2) is 30.3 Å². The summed E-state index contributed by atoms with van der Waals surface area (Å²) in [6.45, 7) is 20.4. The van der Waals surface area contributed by atoms with Gasteiger partial charge in [0.1, 0.15) is 5.75 Å². The Hall–Kier alpha value is -0.900. The zero-order valence-electron chi connectivity index (χ0n) is 19.9. The fourth-order valence-electron chi connectivity index (χ4n) is 4.07. The second-order valence-corrected chi connectivity index (χ2v) is 13.9. The topological polar surface area (TPSA) is 20.2 Å². The van der Waals surface area contributed by atoms with Crippen molar-refractivity contribution >= 4 is 21.8 Å². The molecule has 1 atom stereocenters. The number of benzene rings is 2. The van der Waals surface area contributed by atoms with Crippen molar-refractivity contribution in [3.8, 4) is 5.75 Å². The van der Waals surface area contributed by atoms with E-state index < -0.39 is 0 Å². The van der Waals surface area contributed by atoms with Crippen LogP contribution in [0.25, 0.3) is 0 Å². The van der Waals surface area contributed by atoms with Gasteiger partial charge in [0.15, 0.2) is 0 Å². The van der Waals surface area contributed by atoms with Crippen molar-refractivity contribution in [3.63, 3.8) is 0 Å². The molecule has 0 heterocycles. The summed E-state index contributed by atoms with van der Waals surface area (Å²) >= 11 is 0. The molecule has 0 spiro atoms. The third-order valence-electron chi connectivity index (χ3n) is 6.10. The largest absolute Gasteiger partial charge is 0.507 e. The Balaban J connectivity index is 2.68. The molecule has 2 aromatic carbocycles. The molecule has 2 rings (SSSR count). The molecule has 0 aliphatic rings. The molecule has 0 aliphatic carbocycles. The van der Waals surface area contributed by atoms with E-state index in [0.29, 0.717) is 14.3 Å². The molecule has 29 heavy (non-hydrogen) atoms. The predicted octanol–water partition coefficient (Wildman–Crippen LogP) is 7.57. The highest BCUT2D eigenvalue weighted by Crippen LogP contribution is 2.52. The van der Waals surface area contributed by atoms with E-state index in [2.05, 4.69) is 85.2 Å². The van der Waals surface area contributed by atoms with Crippen molar-refractivity contribution in [2.45, 2.75) is 78.0 Å². The van der Waals surface area contributed by atoms with Gasteiger partial charge in [-0.3, -0.25) is 0 Å². The van der Waals surface area contributed by atoms with E-state index >= 15 is 0 Å². The molecule has 3 heteroatoms. The van der Waals surface area contributed by atoms with E-state index in [0.717, 1.165) is 24.0 Å². The molecule has 0 fully saturated rings. The maximum absolute atomic E-state index is 11.2. The Morgan fingerprint density at radius 1 is 0.966 bits per heavy atom. The van der Waals surface area contributed by atoms with Crippen LogP contribution in [-0.2, 0) is 16.7 Å². The standard InChI is InChI=1S/C26H40OP2/c1-10-26(11-2,22-16-21(25(5,6)7)15-19(4)23(22)27)28-24-18(3)13-12-14-20(24)17-29(8)9/h12-16,27-28H,10-11,17H2,1-9H3. The number of phenols is 1. The van der Waals surface area contributed by atoms with Gasteiger partial charge in [-0.1, -0.05) is 73.5 Å². The van der Waals surface area contributed by atoms with Crippen LogP contribution in [-0.4, -0.2) is 18.4 Å². The third kappa shape index (κ3) is 5.42. The number of hydrogen-bond donors (Lipinski definition) is 1. The molecule has 0 aliphatic heterocycles. The molecule has 0 amide bonds. The summed E-state index contributed by atoms with van der Waals surface area (Å²) in [5.41, 5.74) is 6.43. The number of rotatable bonds is 7. The summed E-state index contributed by atoms with van der Waals surface area (Å²) < 4.78 is 0. The summed E-state index contributed by atoms with van der Waals surface area (Å²) in [6, 6.07) is 11.3. The first kappa shape index (κ1) is 24.4. The molecule has 0 bridgehead atoms. The monoisotopic (exact) mass is 430 g/mol. The second-order valence-electron chi connectivity index (χ2n) is 9.70. The van der Waals surface area contributed by atoms with Gasteiger partial charge in [0, 0.05) is 10.7 Å². The van der Waals surface area contributed by atoms with Gasteiger partial charge in [-0.2, -0.15) is 0 Å². The van der Waals surface area contributed by atoms with Gasteiger partial charge in [-0.05, 0) is 79.2 Å². The van der Waals surface area contributed by atoms with Crippen LogP contribution in [0, 0.1) is 13.8 Å². The summed E-state index contributed by atoms with van der Waals surface area (Å²) in [7, 11) is 0.677. The molecule has 1 nitrogen and oxygen atoms in total. The Kier molecular flexibility index (Phi) is 7.98. The fraction of sp³-hybridized carbons (Fsp3) is 0.538.